The smallest absolute Gasteiger partial charge is 0.224 e. The highest BCUT2D eigenvalue weighted by Gasteiger charge is 2.51. The lowest BCUT2D eigenvalue weighted by molar-refractivity contribution is -0.123. The van der Waals surface area contributed by atoms with E-state index in [9.17, 15) is 13.6 Å². The van der Waals surface area contributed by atoms with Crippen LogP contribution in [-0.4, -0.2) is 47.0 Å². The Morgan fingerprint density at radius 1 is 1.11 bits per heavy atom. The van der Waals surface area contributed by atoms with Gasteiger partial charge < -0.3 is 10.2 Å². The molecular formula is C29H28F2N6O. The lowest BCUT2D eigenvalue weighted by atomic mass is 9.72. The minimum Gasteiger partial charge on any atom is -0.369 e. The van der Waals surface area contributed by atoms with E-state index in [-0.39, 0.29) is 17.2 Å². The van der Waals surface area contributed by atoms with Gasteiger partial charge in [-0.05, 0) is 55.2 Å². The fraction of sp³-hybridized carbons (Fsp3) is 0.379. The monoisotopic (exact) mass is 514 g/mol. The van der Waals surface area contributed by atoms with Gasteiger partial charge in [-0.3, -0.25) is 19.7 Å². The van der Waals surface area contributed by atoms with Crippen LogP contribution in [0, 0.1) is 34.3 Å². The number of likely N-dealkylation sites (tertiary alicyclic amines) is 1. The van der Waals surface area contributed by atoms with Crippen LogP contribution in [0.3, 0.4) is 0 Å². The second kappa shape index (κ2) is 9.14. The second-order valence-electron chi connectivity index (χ2n) is 11.1. The first-order chi connectivity index (χ1) is 18.3. The normalized spacial score (nSPS) is 19.7. The van der Waals surface area contributed by atoms with Gasteiger partial charge in [0.1, 0.15) is 11.6 Å². The molecule has 1 amide bonds. The number of hydrogen-bond acceptors (Lipinski definition) is 6. The predicted molar refractivity (Wildman–Crippen MR) is 137 cm³/mol. The molecule has 1 aromatic carbocycles. The number of hydrogen-bond donors (Lipinski definition) is 1. The van der Waals surface area contributed by atoms with E-state index >= 15 is 0 Å². The second-order valence-corrected chi connectivity index (χ2v) is 11.1. The van der Waals surface area contributed by atoms with E-state index in [1.165, 1.54) is 6.07 Å². The molecule has 6 rings (SSSR count). The Morgan fingerprint density at radius 3 is 2.55 bits per heavy atom. The highest BCUT2D eigenvalue weighted by atomic mass is 19.2. The highest BCUT2D eigenvalue weighted by Crippen LogP contribution is 2.42. The minimum atomic E-state index is -1.08. The zero-order chi connectivity index (χ0) is 26.5. The lowest BCUT2D eigenvalue weighted by Gasteiger charge is -2.61. The van der Waals surface area contributed by atoms with Gasteiger partial charge in [0, 0.05) is 56.5 Å². The fourth-order valence-electron chi connectivity index (χ4n) is 5.68. The molecule has 4 heterocycles. The molecule has 3 fully saturated rings. The number of nitrogens with zero attached hydrogens (tertiary/aromatic N) is 5. The van der Waals surface area contributed by atoms with Crippen LogP contribution in [0.15, 0.2) is 55.0 Å². The van der Waals surface area contributed by atoms with E-state index in [1.807, 2.05) is 18.2 Å². The van der Waals surface area contributed by atoms with E-state index < -0.39 is 17.2 Å². The van der Waals surface area contributed by atoms with Gasteiger partial charge in [0.25, 0.3) is 0 Å². The van der Waals surface area contributed by atoms with E-state index in [4.69, 9.17) is 5.26 Å². The van der Waals surface area contributed by atoms with Gasteiger partial charge in [0.15, 0.2) is 11.6 Å². The third kappa shape index (κ3) is 4.50. The molecule has 1 aliphatic carbocycles. The number of nitriles is 1. The Morgan fingerprint density at radius 2 is 1.89 bits per heavy atom. The molecule has 1 N–H and O–H groups in total. The third-order valence-corrected chi connectivity index (χ3v) is 7.95. The summed E-state index contributed by atoms with van der Waals surface area (Å²) in [5.41, 5.74) is 2.82. The summed E-state index contributed by atoms with van der Waals surface area (Å²) < 4.78 is 27.7. The van der Waals surface area contributed by atoms with Crippen LogP contribution in [0.1, 0.15) is 42.1 Å². The van der Waals surface area contributed by atoms with Crippen LogP contribution in [-0.2, 0) is 16.9 Å². The van der Waals surface area contributed by atoms with Crippen molar-refractivity contribution in [1.82, 2.24) is 20.2 Å². The van der Waals surface area contributed by atoms with E-state index in [0.717, 1.165) is 68.9 Å². The Labute approximate surface area is 220 Å². The number of carbonyl (C=O) groups excluding carboxylic acids is 1. The molecule has 2 saturated heterocycles. The van der Waals surface area contributed by atoms with Crippen molar-refractivity contribution in [3.05, 3.63) is 89.0 Å². The molecule has 2 aliphatic heterocycles. The van der Waals surface area contributed by atoms with Crippen molar-refractivity contribution in [2.75, 3.05) is 31.1 Å². The minimum absolute atomic E-state index is 0.0355. The maximum absolute atomic E-state index is 14.1. The summed E-state index contributed by atoms with van der Waals surface area (Å²) in [6.07, 6.45) is 6.85. The summed E-state index contributed by atoms with van der Waals surface area (Å²) in [5.74, 6) is -2.02. The van der Waals surface area contributed by atoms with Gasteiger partial charge in [-0.15, -0.1) is 0 Å². The predicted octanol–water partition coefficient (Wildman–Crippen LogP) is 3.74. The molecule has 1 spiro atoms. The van der Waals surface area contributed by atoms with E-state index in [1.54, 1.807) is 25.5 Å². The Bertz CT molecular complexity index is 1420. The van der Waals surface area contributed by atoms with Crippen molar-refractivity contribution in [3.8, 4) is 6.07 Å². The number of carbonyl (C=O) groups is 1. The molecule has 0 bridgehead atoms. The molecule has 7 nitrogen and oxygen atoms in total. The summed E-state index contributed by atoms with van der Waals surface area (Å²) in [4.78, 5) is 26.1. The van der Waals surface area contributed by atoms with Crippen LogP contribution in [0.5, 0.6) is 0 Å². The fourth-order valence-corrected chi connectivity index (χ4v) is 5.68. The zero-order valence-electron chi connectivity index (χ0n) is 21.1. The molecule has 38 heavy (non-hydrogen) atoms. The van der Waals surface area contributed by atoms with Crippen molar-refractivity contribution < 1.29 is 13.6 Å². The zero-order valence-corrected chi connectivity index (χ0v) is 21.1. The molecule has 9 heteroatoms. The average Bonchev–Trinajstić information content (AvgIpc) is 3.72. The number of halogens is 2. The van der Waals surface area contributed by atoms with Crippen LogP contribution >= 0.6 is 0 Å². The Hall–Kier alpha value is -3.90. The Kier molecular flexibility index (Phi) is 5.88. The molecule has 0 radical (unpaired) electrons. The summed E-state index contributed by atoms with van der Waals surface area (Å²) in [6.45, 7) is 6.42. The molecule has 0 unspecified atom stereocenters. The first kappa shape index (κ1) is 24.4. The summed E-state index contributed by atoms with van der Waals surface area (Å²) in [7, 11) is 0. The number of nitrogens with one attached hydrogen (secondary N) is 1. The van der Waals surface area contributed by atoms with Crippen molar-refractivity contribution in [2.45, 2.75) is 31.8 Å². The number of rotatable bonds is 7. The number of benzene rings is 1. The first-order valence-electron chi connectivity index (χ1n) is 12.8. The maximum atomic E-state index is 14.1. The highest BCUT2D eigenvalue weighted by molar-refractivity contribution is 5.82. The van der Waals surface area contributed by atoms with Crippen LogP contribution < -0.4 is 10.2 Å². The van der Waals surface area contributed by atoms with Crippen molar-refractivity contribution in [2.24, 2.45) is 11.3 Å². The molecule has 1 atom stereocenters. The number of aromatic nitrogens is 2. The number of amides is 1. The van der Waals surface area contributed by atoms with Crippen LogP contribution in [0.4, 0.5) is 14.5 Å². The van der Waals surface area contributed by atoms with Crippen molar-refractivity contribution >= 4 is 11.6 Å². The average molecular weight is 515 g/mol. The molecule has 3 aromatic rings. The molecular weight excluding hydrogens is 486 g/mol. The molecule has 3 aliphatic rings. The van der Waals surface area contributed by atoms with Gasteiger partial charge in [-0.2, -0.15) is 5.26 Å². The van der Waals surface area contributed by atoms with Gasteiger partial charge in [-0.25, -0.2) is 8.78 Å². The summed E-state index contributed by atoms with van der Waals surface area (Å²) in [5, 5.41) is 12.1. The van der Waals surface area contributed by atoms with Gasteiger partial charge in [0.2, 0.25) is 5.91 Å². The van der Waals surface area contributed by atoms with E-state index in [0.29, 0.717) is 16.8 Å². The topological polar surface area (TPSA) is 85.2 Å². The number of anilines is 1. The third-order valence-electron chi connectivity index (χ3n) is 7.95. The van der Waals surface area contributed by atoms with Gasteiger partial charge >= 0.3 is 0 Å². The lowest BCUT2D eigenvalue weighted by Crippen LogP contribution is -2.72. The maximum Gasteiger partial charge on any atom is 0.224 e. The molecule has 1 saturated carbocycles. The van der Waals surface area contributed by atoms with Gasteiger partial charge in [-0.1, -0.05) is 12.1 Å². The van der Waals surface area contributed by atoms with Crippen LogP contribution in [0.25, 0.3) is 0 Å². The standard InChI is InChI=1S/C29H28F2N6O/c1-28(35-27(38)21-3-4-21,22-5-6-24(30)25(31)9-22)26-7-2-19(12-34-26)14-36-15-29(16-36)17-37(18-29)23-8-20(10-32)11-33-13-23/h2,5-9,11-13,21H,3-4,14-18H2,1H3,(H,35,38)/t28-/m0/s1. The first-order valence-corrected chi connectivity index (χ1v) is 12.8. The van der Waals surface area contributed by atoms with Crippen molar-refractivity contribution in [3.63, 3.8) is 0 Å². The van der Waals surface area contributed by atoms with Gasteiger partial charge in [0.05, 0.1) is 23.1 Å². The Balaban J connectivity index is 1.11. The summed E-state index contributed by atoms with van der Waals surface area (Å²) in [6, 6.07) is 11.6. The van der Waals surface area contributed by atoms with Crippen molar-refractivity contribution in [1.29, 1.82) is 5.26 Å². The molecule has 2 aromatic heterocycles. The van der Waals surface area contributed by atoms with E-state index in [2.05, 4.69) is 31.2 Å². The largest absolute Gasteiger partial charge is 0.369 e. The SMILES string of the molecule is C[C@](NC(=O)C1CC1)(c1ccc(F)c(F)c1)c1ccc(CN2CC3(C2)CN(c2cncc(C#N)c2)C3)cn1. The molecule has 194 valence electrons. The quantitative estimate of drug-likeness (QED) is 0.517. The summed E-state index contributed by atoms with van der Waals surface area (Å²) >= 11 is 0. The van der Waals surface area contributed by atoms with Crippen LogP contribution in [0.2, 0.25) is 0 Å². The number of pyridine rings is 2.